The van der Waals surface area contributed by atoms with Crippen LogP contribution in [-0.4, -0.2) is 19.8 Å². The van der Waals surface area contributed by atoms with Gasteiger partial charge in [0, 0.05) is 25.5 Å². The Bertz CT molecular complexity index is 486. The lowest BCUT2D eigenvalue weighted by Gasteiger charge is -2.16. The summed E-state index contributed by atoms with van der Waals surface area (Å²) in [6, 6.07) is 6.33. The van der Waals surface area contributed by atoms with Gasteiger partial charge in [0.2, 0.25) is 0 Å². The Labute approximate surface area is 143 Å². The molecule has 0 aromatic heterocycles. The molecule has 2 N–H and O–H groups in total. The number of anilines is 2. The average Bonchev–Trinajstić information content (AvgIpc) is 2.50. The summed E-state index contributed by atoms with van der Waals surface area (Å²) in [7, 11) is 1.94. The average molecular weight is 318 g/mol. The van der Waals surface area contributed by atoms with Gasteiger partial charge in [0.25, 0.3) is 0 Å². The quantitative estimate of drug-likeness (QED) is 0.426. The second-order valence-corrected chi connectivity index (χ2v) is 7.59. The second-order valence-electron chi connectivity index (χ2n) is 7.59. The van der Waals surface area contributed by atoms with Crippen molar-refractivity contribution in [1.29, 1.82) is 0 Å². The largest absolute Gasteiger partial charge is 0.388 e. The lowest BCUT2D eigenvalue weighted by Crippen LogP contribution is -2.11. The van der Waals surface area contributed by atoms with Crippen LogP contribution in [-0.2, 0) is 0 Å². The summed E-state index contributed by atoms with van der Waals surface area (Å²) in [5.74, 6) is 0.685. The van der Waals surface area contributed by atoms with Crippen LogP contribution in [0.15, 0.2) is 23.2 Å². The minimum atomic E-state index is 0.0837. The van der Waals surface area contributed by atoms with Gasteiger partial charge in [-0.15, -0.1) is 0 Å². The maximum Gasteiger partial charge on any atom is 0.0877 e. The van der Waals surface area contributed by atoms with Gasteiger partial charge in [0.1, 0.15) is 0 Å². The summed E-state index contributed by atoms with van der Waals surface area (Å²) >= 11 is 0. The Morgan fingerprint density at radius 1 is 1.22 bits per heavy atom. The van der Waals surface area contributed by atoms with Gasteiger partial charge >= 0.3 is 0 Å². The third kappa shape index (κ3) is 8.06. The summed E-state index contributed by atoms with van der Waals surface area (Å²) in [4.78, 5) is 4.71. The van der Waals surface area contributed by atoms with Crippen LogP contribution in [0.25, 0.3) is 0 Å². The van der Waals surface area contributed by atoms with E-state index in [4.69, 9.17) is 4.99 Å². The highest BCUT2D eigenvalue weighted by atomic mass is 14.9. The number of nitrogens with one attached hydrogen (secondary N) is 2. The monoisotopic (exact) mass is 317 g/mol. The fourth-order valence-corrected chi connectivity index (χ4v) is 2.34. The van der Waals surface area contributed by atoms with Crippen molar-refractivity contribution in [3.05, 3.63) is 18.2 Å². The number of nitrogens with zero attached hydrogens (tertiary/aromatic N) is 1. The molecule has 130 valence electrons. The fraction of sp³-hybridized carbons (Fsp3) is 0.650. The van der Waals surface area contributed by atoms with E-state index >= 15 is 0 Å². The van der Waals surface area contributed by atoms with Crippen molar-refractivity contribution in [2.24, 2.45) is 16.3 Å². The highest BCUT2D eigenvalue weighted by molar-refractivity contribution is 5.77. The van der Waals surface area contributed by atoms with Crippen LogP contribution in [0.1, 0.15) is 60.3 Å². The van der Waals surface area contributed by atoms with Crippen LogP contribution in [0.5, 0.6) is 0 Å². The molecule has 1 unspecified atom stereocenters. The maximum absolute atomic E-state index is 4.71. The zero-order valence-electron chi connectivity index (χ0n) is 15.9. The van der Waals surface area contributed by atoms with E-state index in [9.17, 15) is 0 Å². The fourth-order valence-electron chi connectivity index (χ4n) is 2.34. The van der Waals surface area contributed by atoms with E-state index in [2.05, 4.69) is 63.5 Å². The van der Waals surface area contributed by atoms with Crippen molar-refractivity contribution in [3.8, 4) is 0 Å². The number of benzene rings is 1. The highest BCUT2D eigenvalue weighted by Crippen LogP contribution is 2.29. The molecule has 0 aliphatic rings. The van der Waals surface area contributed by atoms with Crippen molar-refractivity contribution >= 4 is 23.3 Å². The number of unbranched alkanes of at least 4 members (excludes halogenated alkanes) is 2. The van der Waals surface area contributed by atoms with Crippen LogP contribution in [0.4, 0.5) is 17.1 Å². The van der Waals surface area contributed by atoms with E-state index in [1.807, 2.05) is 13.3 Å². The molecule has 0 amide bonds. The molecule has 3 heteroatoms. The molecule has 0 bridgehead atoms. The number of rotatable bonds is 9. The standard InChI is InChI=1S/C20H35N3/c1-7-8-9-10-16(2)14-22-18-12-11-17(21-6)13-19(18)23-15-20(3,4)5/h11-13,15-16,21-22H,7-10,14H2,1-6H3. The summed E-state index contributed by atoms with van der Waals surface area (Å²) in [6.45, 7) is 12.1. The number of hydrogen-bond donors (Lipinski definition) is 2. The molecule has 0 saturated heterocycles. The van der Waals surface area contributed by atoms with E-state index in [-0.39, 0.29) is 5.41 Å². The molecule has 0 saturated carbocycles. The third-order valence-corrected chi connectivity index (χ3v) is 3.82. The first-order valence-corrected chi connectivity index (χ1v) is 8.96. The van der Waals surface area contributed by atoms with Crippen LogP contribution < -0.4 is 10.6 Å². The summed E-state index contributed by atoms with van der Waals surface area (Å²) < 4.78 is 0. The van der Waals surface area contributed by atoms with Crippen molar-refractivity contribution in [2.75, 3.05) is 24.2 Å². The van der Waals surface area contributed by atoms with Crippen LogP contribution in [0, 0.1) is 11.3 Å². The molecular formula is C20H35N3. The topological polar surface area (TPSA) is 36.4 Å². The molecule has 3 nitrogen and oxygen atoms in total. The number of aliphatic imine (C=N–C) groups is 1. The molecular weight excluding hydrogens is 282 g/mol. The molecule has 0 fully saturated rings. The number of hydrogen-bond acceptors (Lipinski definition) is 3. The minimum Gasteiger partial charge on any atom is -0.388 e. The summed E-state index contributed by atoms with van der Waals surface area (Å²) in [5.41, 5.74) is 3.30. The van der Waals surface area contributed by atoms with Crippen molar-refractivity contribution < 1.29 is 0 Å². The van der Waals surface area contributed by atoms with Crippen molar-refractivity contribution in [1.82, 2.24) is 0 Å². The Balaban J connectivity index is 2.75. The molecule has 0 spiro atoms. The molecule has 23 heavy (non-hydrogen) atoms. The molecule has 1 atom stereocenters. The van der Waals surface area contributed by atoms with Crippen LogP contribution >= 0.6 is 0 Å². The van der Waals surface area contributed by atoms with E-state index in [1.54, 1.807) is 0 Å². The van der Waals surface area contributed by atoms with E-state index in [0.29, 0.717) is 5.92 Å². The van der Waals surface area contributed by atoms with E-state index < -0.39 is 0 Å². The second kappa shape index (κ2) is 9.59. The van der Waals surface area contributed by atoms with Gasteiger partial charge in [-0.1, -0.05) is 53.9 Å². The lowest BCUT2D eigenvalue weighted by atomic mass is 9.99. The van der Waals surface area contributed by atoms with Gasteiger partial charge in [0.05, 0.1) is 11.4 Å². The van der Waals surface area contributed by atoms with Crippen LogP contribution in [0.3, 0.4) is 0 Å². The van der Waals surface area contributed by atoms with Gasteiger partial charge in [-0.3, -0.25) is 4.99 Å². The van der Waals surface area contributed by atoms with Crippen molar-refractivity contribution in [3.63, 3.8) is 0 Å². The first-order valence-electron chi connectivity index (χ1n) is 8.96. The molecule has 0 heterocycles. The SMILES string of the molecule is CCCCCC(C)CNc1ccc(NC)cc1N=CC(C)(C)C. The lowest BCUT2D eigenvalue weighted by molar-refractivity contribution is 0.516. The Hall–Kier alpha value is -1.51. The normalized spacial score (nSPS) is 13.3. The molecule has 1 rings (SSSR count). The van der Waals surface area contributed by atoms with Gasteiger partial charge in [0.15, 0.2) is 0 Å². The molecule has 0 radical (unpaired) electrons. The minimum absolute atomic E-state index is 0.0837. The van der Waals surface area contributed by atoms with E-state index in [1.165, 1.54) is 25.7 Å². The van der Waals surface area contributed by atoms with Crippen molar-refractivity contribution in [2.45, 2.75) is 60.3 Å². The Morgan fingerprint density at radius 2 is 1.96 bits per heavy atom. The first kappa shape index (κ1) is 19.5. The van der Waals surface area contributed by atoms with E-state index in [0.717, 1.165) is 23.6 Å². The molecule has 1 aromatic carbocycles. The maximum atomic E-state index is 4.71. The summed E-state index contributed by atoms with van der Waals surface area (Å²) in [6.07, 6.45) is 7.26. The zero-order valence-corrected chi connectivity index (χ0v) is 15.9. The summed E-state index contributed by atoms with van der Waals surface area (Å²) in [5, 5.41) is 6.78. The smallest absolute Gasteiger partial charge is 0.0877 e. The molecule has 1 aromatic rings. The molecule has 0 aliphatic carbocycles. The van der Waals surface area contributed by atoms with Gasteiger partial charge in [-0.25, -0.2) is 0 Å². The predicted molar refractivity (Wildman–Crippen MR) is 105 cm³/mol. The highest BCUT2D eigenvalue weighted by Gasteiger charge is 2.08. The third-order valence-electron chi connectivity index (χ3n) is 3.82. The van der Waals surface area contributed by atoms with Gasteiger partial charge in [-0.2, -0.15) is 0 Å². The zero-order chi connectivity index (χ0) is 17.3. The molecule has 0 aliphatic heterocycles. The van der Waals surface area contributed by atoms with Gasteiger partial charge in [-0.05, 0) is 36.0 Å². The Morgan fingerprint density at radius 3 is 2.57 bits per heavy atom. The van der Waals surface area contributed by atoms with Crippen LogP contribution in [0.2, 0.25) is 0 Å². The van der Waals surface area contributed by atoms with Gasteiger partial charge < -0.3 is 10.6 Å². The Kier molecular flexibility index (Phi) is 8.15. The predicted octanol–water partition coefficient (Wildman–Crippen LogP) is 6.11. The first-order chi connectivity index (χ1) is 10.9.